The van der Waals surface area contributed by atoms with Gasteiger partial charge in [-0.3, -0.25) is 4.79 Å². The van der Waals surface area contributed by atoms with Crippen molar-refractivity contribution in [1.82, 2.24) is 10.3 Å². The first-order valence-corrected chi connectivity index (χ1v) is 5.34. The van der Waals surface area contributed by atoms with E-state index in [1.165, 1.54) is 6.20 Å². The molecule has 0 aliphatic heterocycles. The van der Waals surface area contributed by atoms with Gasteiger partial charge in [0, 0.05) is 20.2 Å². The number of amides is 1. The zero-order valence-corrected chi connectivity index (χ0v) is 9.81. The highest BCUT2D eigenvalue weighted by atomic mass is 16.5. The van der Waals surface area contributed by atoms with Crippen LogP contribution in [0, 0.1) is 0 Å². The molecule has 0 saturated carbocycles. The Morgan fingerprint density at radius 2 is 2.29 bits per heavy atom. The molecule has 0 spiro atoms. The minimum Gasteiger partial charge on any atom is -0.490 e. The van der Waals surface area contributed by atoms with Crippen molar-refractivity contribution >= 4 is 5.91 Å². The summed E-state index contributed by atoms with van der Waals surface area (Å²) in [4.78, 5) is 15.5. The number of hydrogen-bond acceptors (Lipinski definition) is 5. The molecule has 0 bridgehead atoms. The lowest BCUT2D eigenvalue weighted by Gasteiger charge is -2.06. The summed E-state index contributed by atoms with van der Waals surface area (Å²) in [7, 11) is 1.60. The van der Waals surface area contributed by atoms with Gasteiger partial charge >= 0.3 is 0 Å². The van der Waals surface area contributed by atoms with Gasteiger partial charge in [0.1, 0.15) is 18.1 Å². The monoisotopic (exact) mass is 239 g/mol. The van der Waals surface area contributed by atoms with Crippen molar-refractivity contribution in [3.63, 3.8) is 0 Å². The van der Waals surface area contributed by atoms with Crippen molar-refractivity contribution in [2.75, 3.05) is 33.4 Å². The maximum atomic E-state index is 11.5. The summed E-state index contributed by atoms with van der Waals surface area (Å²) in [6, 6.07) is 3.30. The molecule has 1 aromatic heterocycles. The predicted molar refractivity (Wildman–Crippen MR) is 63.0 cm³/mol. The number of ether oxygens (including phenoxy) is 2. The molecule has 1 amide bonds. The first-order chi connectivity index (χ1) is 8.27. The third-order valence-corrected chi connectivity index (χ3v) is 1.96. The smallest absolute Gasteiger partial charge is 0.269 e. The second-order valence-corrected chi connectivity index (χ2v) is 3.26. The molecular formula is C11H17N3O3. The van der Waals surface area contributed by atoms with Crippen molar-refractivity contribution < 1.29 is 14.3 Å². The molecule has 3 N–H and O–H groups in total. The molecule has 0 radical (unpaired) electrons. The summed E-state index contributed by atoms with van der Waals surface area (Å²) in [6.45, 7) is 1.81. The van der Waals surface area contributed by atoms with E-state index in [0.717, 1.165) is 0 Å². The Morgan fingerprint density at radius 1 is 1.47 bits per heavy atom. The fourth-order valence-electron chi connectivity index (χ4n) is 1.12. The van der Waals surface area contributed by atoms with Crippen molar-refractivity contribution in [2.45, 2.75) is 0 Å². The van der Waals surface area contributed by atoms with Crippen molar-refractivity contribution in [3.05, 3.63) is 24.0 Å². The fraction of sp³-hybridized carbons (Fsp3) is 0.455. The molecule has 6 nitrogen and oxygen atoms in total. The summed E-state index contributed by atoms with van der Waals surface area (Å²) in [6.07, 6.45) is 1.51. The van der Waals surface area contributed by atoms with Gasteiger partial charge in [-0.1, -0.05) is 0 Å². The number of nitrogens with two attached hydrogens (primary N) is 1. The van der Waals surface area contributed by atoms with E-state index in [-0.39, 0.29) is 5.91 Å². The molecule has 0 aromatic carbocycles. The standard InChI is InChI=1S/C11H17N3O3/c1-16-6-7-17-9-2-3-10(14-8-9)11(15)13-5-4-12/h2-3,8H,4-7,12H2,1H3,(H,13,15). The number of carbonyl (C=O) groups is 1. The minimum absolute atomic E-state index is 0.237. The highest BCUT2D eigenvalue weighted by Gasteiger charge is 2.05. The van der Waals surface area contributed by atoms with Gasteiger partial charge in [-0.15, -0.1) is 0 Å². The quantitative estimate of drug-likeness (QED) is 0.643. The number of aromatic nitrogens is 1. The molecule has 1 aromatic rings. The molecule has 0 fully saturated rings. The molecule has 0 atom stereocenters. The minimum atomic E-state index is -0.237. The molecule has 0 saturated heterocycles. The highest BCUT2D eigenvalue weighted by Crippen LogP contribution is 2.08. The Kier molecular flexibility index (Phi) is 5.98. The molecular weight excluding hydrogens is 222 g/mol. The van der Waals surface area contributed by atoms with Crippen LogP contribution in [0.25, 0.3) is 0 Å². The van der Waals surface area contributed by atoms with Gasteiger partial charge in [0.05, 0.1) is 12.8 Å². The third-order valence-electron chi connectivity index (χ3n) is 1.96. The highest BCUT2D eigenvalue weighted by molar-refractivity contribution is 5.92. The van der Waals surface area contributed by atoms with E-state index in [9.17, 15) is 4.79 Å². The van der Waals surface area contributed by atoms with Crippen LogP contribution in [0.2, 0.25) is 0 Å². The topological polar surface area (TPSA) is 86.5 Å². The molecule has 0 unspecified atom stereocenters. The van der Waals surface area contributed by atoms with E-state index in [1.54, 1.807) is 19.2 Å². The van der Waals surface area contributed by atoms with E-state index in [4.69, 9.17) is 15.2 Å². The lowest BCUT2D eigenvalue weighted by atomic mass is 10.3. The van der Waals surface area contributed by atoms with Gasteiger partial charge < -0.3 is 20.5 Å². The number of carbonyl (C=O) groups excluding carboxylic acids is 1. The Morgan fingerprint density at radius 3 is 2.88 bits per heavy atom. The lowest BCUT2D eigenvalue weighted by molar-refractivity contribution is 0.0949. The first-order valence-electron chi connectivity index (χ1n) is 5.34. The number of nitrogens with zero attached hydrogens (tertiary/aromatic N) is 1. The largest absolute Gasteiger partial charge is 0.490 e. The molecule has 94 valence electrons. The van der Waals surface area contributed by atoms with E-state index < -0.39 is 0 Å². The maximum Gasteiger partial charge on any atom is 0.269 e. The van der Waals surface area contributed by atoms with Crippen LogP contribution >= 0.6 is 0 Å². The summed E-state index contributed by atoms with van der Waals surface area (Å²) < 4.78 is 10.2. The van der Waals surface area contributed by atoms with Gasteiger partial charge in [-0.2, -0.15) is 0 Å². The normalized spacial score (nSPS) is 10.0. The molecule has 1 heterocycles. The SMILES string of the molecule is COCCOc1ccc(C(=O)NCCN)nc1. The molecule has 0 aliphatic carbocycles. The van der Waals surface area contributed by atoms with Gasteiger partial charge in [0.2, 0.25) is 0 Å². The number of nitrogens with one attached hydrogen (secondary N) is 1. The number of methoxy groups -OCH3 is 1. The molecule has 1 rings (SSSR count). The van der Waals surface area contributed by atoms with Crippen molar-refractivity contribution in [1.29, 1.82) is 0 Å². The van der Waals surface area contributed by atoms with E-state index in [2.05, 4.69) is 10.3 Å². The molecule has 0 aliphatic rings. The van der Waals surface area contributed by atoms with Gasteiger partial charge in [-0.25, -0.2) is 4.98 Å². The predicted octanol–water partition coefficient (Wildman–Crippen LogP) is -0.205. The van der Waals surface area contributed by atoms with Crippen molar-refractivity contribution in [3.8, 4) is 5.75 Å². The number of hydrogen-bond donors (Lipinski definition) is 2. The maximum absolute atomic E-state index is 11.5. The molecule has 6 heteroatoms. The van der Waals surface area contributed by atoms with Gasteiger partial charge in [-0.05, 0) is 12.1 Å². The second-order valence-electron chi connectivity index (χ2n) is 3.26. The summed E-state index contributed by atoms with van der Waals surface area (Å²) in [5, 5.41) is 2.63. The third kappa shape index (κ3) is 4.80. The first kappa shape index (κ1) is 13.4. The Hall–Kier alpha value is -1.66. The van der Waals surface area contributed by atoms with Crippen LogP contribution in [-0.2, 0) is 4.74 Å². The Bertz CT molecular complexity index is 340. The average molecular weight is 239 g/mol. The van der Waals surface area contributed by atoms with Crippen LogP contribution in [0.4, 0.5) is 0 Å². The number of rotatable bonds is 7. The summed E-state index contributed by atoms with van der Waals surface area (Å²) in [5.74, 6) is 0.372. The molecule has 17 heavy (non-hydrogen) atoms. The zero-order chi connectivity index (χ0) is 12.5. The Labute approximate surface area is 100 Å². The van der Waals surface area contributed by atoms with Crippen LogP contribution in [0.15, 0.2) is 18.3 Å². The van der Waals surface area contributed by atoms with Crippen LogP contribution in [0.1, 0.15) is 10.5 Å². The lowest BCUT2D eigenvalue weighted by Crippen LogP contribution is -2.29. The van der Waals surface area contributed by atoms with E-state index >= 15 is 0 Å². The summed E-state index contributed by atoms with van der Waals surface area (Å²) in [5.41, 5.74) is 5.63. The van der Waals surface area contributed by atoms with E-state index in [0.29, 0.717) is 37.7 Å². The van der Waals surface area contributed by atoms with E-state index in [1.807, 2.05) is 0 Å². The average Bonchev–Trinajstić information content (AvgIpc) is 2.37. The fourth-order valence-corrected chi connectivity index (χ4v) is 1.12. The Balaban J connectivity index is 2.46. The summed E-state index contributed by atoms with van der Waals surface area (Å²) >= 11 is 0. The van der Waals surface area contributed by atoms with Crippen molar-refractivity contribution in [2.24, 2.45) is 5.73 Å². The van der Waals surface area contributed by atoms with Gasteiger partial charge in [0.15, 0.2) is 0 Å². The number of pyridine rings is 1. The van der Waals surface area contributed by atoms with Crippen LogP contribution in [-0.4, -0.2) is 44.3 Å². The second kappa shape index (κ2) is 7.59. The van der Waals surface area contributed by atoms with Crippen LogP contribution < -0.4 is 15.8 Å². The van der Waals surface area contributed by atoms with Gasteiger partial charge in [0.25, 0.3) is 5.91 Å². The van der Waals surface area contributed by atoms with Crippen LogP contribution in [0.5, 0.6) is 5.75 Å². The van der Waals surface area contributed by atoms with Crippen LogP contribution in [0.3, 0.4) is 0 Å². The zero-order valence-electron chi connectivity index (χ0n) is 9.81.